The predicted octanol–water partition coefficient (Wildman–Crippen LogP) is 1.16. The Hall–Kier alpha value is -2.19. The molecule has 0 aromatic carbocycles. The van der Waals surface area contributed by atoms with Gasteiger partial charge in [0.15, 0.2) is 0 Å². The monoisotopic (exact) mass is 296 g/mol. The highest BCUT2D eigenvalue weighted by atomic mass is 32.2. The van der Waals surface area contributed by atoms with Crippen LogP contribution in [0.1, 0.15) is 21.9 Å². The van der Waals surface area contributed by atoms with Crippen LogP contribution in [0, 0.1) is 6.92 Å². The van der Waals surface area contributed by atoms with E-state index in [2.05, 4.69) is 9.71 Å². The summed E-state index contributed by atoms with van der Waals surface area (Å²) in [7, 11) is -3.83. The Labute approximate surface area is 115 Å². The van der Waals surface area contributed by atoms with E-state index in [-0.39, 0.29) is 17.2 Å². The molecule has 0 amide bonds. The molecule has 0 aliphatic carbocycles. The molecule has 0 saturated heterocycles. The van der Waals surface area contributed by atoms with Crippen LogP contribution in [-0.2, 0) is 16.6 Å². The summed E-state index contributed by atoms with van der Waals surface area (Å²) in [6, 6.07) is 4.34. The summed E-state index contributed by atoms with van der Waals surface area (Å²) >= 11 is 0. The molecule has 0 radical (unpaired) electrons. The molecule has 8 heteroatoms. The van der Waals surface area contributed by atoms with Crippen molar-refractivity contribution in [2.45, 2.75) is 18.4 Å². The van der Waals surface area contributed by atoms with E-state index in [0.29, 0.717) is 0 Å². The molecule has 2 heterocycles. The molecule has 0 fully saturated rings. The average Bonchev–Trinajstić information content (AvgIpc) is 2.81. The number of carbonyl (C=O) groups is 1. The normalized spacial score (nSPS) is 11.4. The number of aryl methyl sites for hydroxylation is 1. The van der Waals surface area contributed by atoms with Crippen LogP contribution in [0.3, 0.4) is 0 Å². The van der Waals surface area contributed by atoms with Crippen LogP contribution in [0.15, 0.2) is 39.9 Å². The third-order valence-corrected chi connectivity index (χ3v) is 4.10. The Morgan fingerprint density at radius 1 is 1.40 bits per heavy atom. The summed E-state index contributed by atoms with van der Waals surface area (Å²) in [5, 5.41) is 8.78. The van der Waals surface area contributed by atoms with Crippen LogP contribution < -0.4 is 4.72 Å². The van der Waals surface area contributed by atoms with Gasteiger partial charge in [-0.1, -0.05) is 0 Å². The van der Waals surface area contributed by atoms with E-state index in [0.717, 1.165) is 11.6 Å². The molecule has 0 aliphatic heterocycles. The van der Waals surface area contributed by atoms with E-state index in [1.807, 2.05) is 0 Å². The van der Waals surface area contributed by atoms with E-state index in [1.165, 1.54) is 6.92 Å². The molecule has 2 aromatic rings. The number of aromatic carboxylic acids is 1. The number of carboxylic acids is 1. The minimum Gasteiger partial charge on any atom is -0.475 e. The zero-order chi connectivity index (χ0) is 14.8. The van der Waals surface area contributed by atoms with Crippen molar-refractivity contribution in [3.63, 3.8) is 0 Å². The number of nitrogens with zero attached hydrogens (tertiary/aromatic N) is 1. The summed E-state index contributed by atoms with van der Waals surface area (Å²) < 4.78 is 31.4. The van der Waals surface area contributed by atoms with Gasteiger partial charge in [-0.25, -0.2) is 17.9 Å². The fraction of sp³-hybridized carbons (Fsp3) is 0.167. The molecule has 0 spiro atoms. The van der Waals surface area contributed by atoms with E-state index in [9.17, 15) is 13.2 Å². The Morgan fingerprint density at radius 3 is 2.60 bits per heavy atom. The summed E-state index contributed by atoms with van der Waals surface area (Å²) in [4.78, 5) is 14.4. The molecule has 2 rings (SSSR count). The molecular weight excluding hydrogens is 284 g/mol. The number of hydrogen-bond donors (Lipinski definition) is 2. The molecular formula is C12H12N2O5S. The first kappa shape index (κ1) is 14.2. The first-order valence-electron chi connectivity index (χ1n) is 5.62. The molecule has 2 aromatic heterocycles. The Balaban J connectivity index is 2.20. The standard InChI is InChI=1S/C12H12N2O5S/c1-8-11(6-10(19-8)12(15)16)20(17,18)14-7-9-2-4-13-5-3-9/h2-6,14H,7H2,1H3,(H,15,16). The van der Waals surface area contributed by atoms with Gasteiger partial charge in [0, 0.05) is 25.0 Å². The lowest BCUT2D eigenvalue weighted by atomic mass is 10.3. The number of hydrogen-bond acceptors (Lipinski definition) is 5. The molecule has 0 atom stereocenters. The van der Waals surface area contributed by atoms with Gasteiger partial charge in [-0.3, -0.25) is 4.98 Å². The van der Waals surface area contributed by atoms with Crippen LogP contribution in [-0.4, -0.2) is 24.5 Å². The van der Waals surface area contributed by atoms with Crippen molar-refractivity contribution in [2.24, 2.45) is 0 Å². The van der Waals surface area contributed by atoms with E-state index in [1.54, 1.807) is 24.5 Å². The van der Waals surface area contributed by atoms with Gasteiger partial charge in [0.1, 0.15) is 10.7 Å². The lowest BCUT2D eigenvalue weighted by molar-refractivity contribution is 0.0661. The third kappa shape index (κ3) is 3.03. The maximum atomic E-state index is 12.1. The number of furan rings is 1. The highest BCUT2D eigenvalue weighted by Crippen LogP contribution is 2.20. The number of sulfonamides is 1. The largest absolute Gasteiger partial charge is 0.475 e. The zero-order valence-corrected chi connectivity index (χ0v) is 11.3. The minimum absolute atomic E-state index is 0.0321. The second-order valence-electron chi connectivity index (χ2n) is 4.02. The van der Waals surface area contributed by atoms with Gasteiger partial charge >= 0.3 is 5.97 Å². The minimum atomic E-state index is -3.83. The van der Waals surface area contributed by atoms with Crippen molar-refractivity contribution in [3.8, 4) is 0 Å². The molecule has 0 unspecified atom stereocenters. The van der Waals surface area contributed by atoms with Gasteiger partial charge in [-0.05, 0) is 24.6 Å². The first-order valence-corrected chi connectivity index (χ1v) is 7.11. The molecule has 0 bridgehead atoms. The van der Waals surface area contributed by atoms with E-state index in [4.69, 9.17) is 9.52 Å². The maximum absolute atomic E-state index is 12.1. The molecule has 0 aliphatic rings. The molecule has 20 heavy (non-hydrogen) atoms. The number of carboxylic acid groups (broad SMARTS) is 1. The van der Waals surface area contributed by atoms with Crippen LogP contribution >= 0.6 is 0 Å². The Kier molecular flexibility index (Phi) is 3.86. The molecule has 2 N–H and O–H groups in total. The topological polar surface area (TPSA) is 109 Å². The van der Waals surface area contributed by atoms with E-state index >= 15 is 0 Å². The summed E-state index contributed by atoms with van der Waals surface area (Å²) in [6.07, 6.45) is 3.10. The SMILES string of the molecule is Cc1oc(C(=O)O)cc1S(=O)(=O)NCc1ccncc1. The summed E-state index contributed by atoms with van der Waals surface area (Å²) in [5.74, 6) is -1.69. The Morgan fingerprint density at radius 2 is 2.05 bits per heavy atom. The van der Waals surface area contributed by atoms with Crippen molar-refractivity contribution in [3.05, 3.63) is 47.7 Å². The lowest BCUT2D eigenvalue weighted by Gasteiger charge is -2.05. The number of rotatable bonds is 5. The van der Waals surface area contributed by atoms with Gasteiger partial charge in [0.2, 0.25) is 15.8 Å². The van der Waals surface area contributed by atoms with Crippen molar-refractivity contribution >= 4 is 16.0 Å². The van der Waals surface area contributed by atoms with Gasteiger partial charge in [-0.2, -0.15) is 0 Å². The van der Waals surface area contributed by atoms with Gasteiger partial charge in [-0.15, -0.1) is 0 Å². The van der Waals surface area contributed by atoms with Crippen molar-refractivity contribution in [1.29, 1.82) is 0 Å². The molecule has 106 valence electrons. The fourth-order valence-corrected chi connectivity index (χ4v) is 2.79. The number of pyridine rings is 1. The van der Waals surface area contributed by atoms with Crippen LogP contribution in [0.2, 0.25) is 0 Å². The van der Waals surface area contributed by atoms with Crippen molar-refractivity contribution in [1.82, 2.24) is 9.71 Å². The van der Waals surface area contributed by atoms with Gasteiger partial charge in [0.25, 0.3) is 0 Å². The quantitative estimate of drug-likeness (QED) is 0.856. The highest BCUT2D eigenvalue weighted by molar-refractivity contribution is 7.89. The van der Waals surface area contributed by atoms with Crippen LogP contribution in [0.5, 0.6) is 0 Å². The van der Waals surface area contributed by atoms with Gasteiger partial charge < -0.3 is 9.52 Å². The van der Waals surface area contributed by atoms with E-state index < -0.39 is 21.8 Å². The van der Waals surface area contributed by atoms with Gasteiger partial charge in [0.05, 0.1) is 0 Å². The summed E-state index contributed by atoms with van der Waals surface area (Å²) in [6.45, 7) is 1.48. The molecule has 7 nitrogen and oxygen atoms in total. The highest BCUT2D eigenvalue weighted by Gasteiger charge is 2.23. The van der Waals surface area contributed by atoms with Crippen molar-refractivity contribution < 1.29 is 22.7 Å². The number of aromatic nitrogens is 1. The van der Waals surface area contributed by atoms with Crippen molar-refractivity contribution in [2.75, 3.05) is 0 Å². The second-order valence-corrected chi connectivity index (χ2v) is 5.75. The summed E-state index contributed by atoms with van der Waals surface area (Å²) in [5.41, 5.74) is 0.739. The molecule has 0 saturated carbocycles. The van der Waals surface area contributed by atoms with Crippen LogP contribution in [0.4, 0.5) is 0 Å². The maximum Gasteiger partial charge on any atom is 0.371 e. The third-order valence-electron chi connectivity index (χ3n) is 2.59. The average molecular weight is 296 g/mol. The second kappa shape index (κ2) is 5.43. The fourth-order valence-electron chi connectivity index (χ4n) is 1.59. The Bertz CT molecular complexity index is 722. The lowest BCUT2D eigenvalue weighted by Crippen LogP contribution is -2.23. The smallest absolute Gasteiger partial charge is 0.371 e. The predicted molar refractivity (Wildman–Crippen MR) is 68.7 cm³/mol. The number of nitrogens with one attached hydrogen (secondary N) is 1. The first-order chi connectivity index (χ1) is 9.40. The zero-order valence-electron chi connectivity index (χ0n) is 10.5. The van der Waals surface area contributed by atoms with Crippen LogP contribution in [0.25, 0.3) is 0 Å².